The number of aromatic nitrogens is 4. The number of carbonyl (C=O) groups excluding carboxylic acids is 1. The number of nitrogens with zero attached hydrogens (tertiary/aromatic N) is 4. The fourth-order valence-electron chi connectivity index (χ4n) is 4.03. The number of benzene rings is 2. The van der Waals surface area contributed by atoms with Crippen molar-refractivity contribution >= 4 is 23.3 Å². The molecule has 1 fully saturated rings. The third-order valence-electron chi connectivity index (χ3n) is 5.88. The van der Waals surface area contributed by atoms with E-state index in [0.717, 1.165) is 42.6 Å². The summed E-state index contributed by atoms with van der Waals surface area (Å²) in [7, 11) is 0. The molecule has 0 aliphatic heterocycles. The maximum atomic E-state index is 12.9. The highest BCUT2D eigenvalue weighted by Gasteiger charge is 2.42. The topological polar surface area (TPSA) is 84.7 Å². The Bertz CT molecular complexity index is 1030. The maximum absolute atomic E-state index is 12.9. The third kappa shape index (κ3) is 4.03. The number of tetrazole rings is 1. The van der Waals surface area contributed by atoms with E-state index in [-0.39, 0.29) is 6.03 Å². The highest BCUT2D eigenvalue weighted by atomic mass is 35.5. The van der Waals surface area contributed by atoms with Gasteiger partial charge < -0.3 is 10.6 Å². The summed E-state index contributed by atoms with van der Waals surface area (Å²) in [5, 5.41) is 19.3. The molecule has 156 valence electrons. The van der Waals surface area contributed by atoms with Crippen molar-refractivity contribution in [3.8, 4) is 5.69 Å². The van der Waals surface area contributed by atoms with Crippen molar-refractivity contribution in [1.82, 2.24) is 25.5 Å². The van der Waals surface area contributed by atoms with Gasteiger partial charge in [-0.15, -0.1) is 5.10 Å². The summed E-state index contributed by atoms with van der Waals surface area (Å²) in [4.78, 5) is 12.9. The molecule has 7 nitrogen and oxygen atoms in total. The molecule has 1 aromatic heterocycles. The molecule has 1 aliphatic carbocycles. The minimum Gasteiger partial charge on any atom is -0.325 e. The van der Waals surface area contributed by atoms with E-state index in [1.165, 1.54) is 0 Å². The van der Waals surface area contributed by atoms with E-state index in [1.807, 2.05) is 55.5 Å². The summed E-state index contributed by atoms with van der Waals surface area (Å²) in [6, 6.07) is 14.8. The van der Waals surface area contributed by atoms with Crippen LogP contribution < -0.4 is 10.6 Å². The summed E-state index contributed by atoms with van der Waals surface area (Å²) < 4.78 is 1.71. The number of amides is 2. The maximum Gasteiger partial charge on any atom is 0.320 e. The fraction of sp³-hybridized carbons (Fsp3) is 0.364. The smallest absolute Gasteiger partial charge is 0.320 e. The monoisotopic (exact) mass is 424 g/mol. The number of hydrogen-bond acceptors (Lipinski definition) is 4. The zero-order valence-corrected chi connectivity index (χ0v) is 17.9. The van der Waals surface area contributed by atoms with Crippen molar-refractivity contribution in [3.63, 3.8) is 0 Å². The third-order valence-corrected chi connectivity index (χ3v) is 6.29. The molecule has 0 bridgehead atoms. The molecule has 0 radical (unpaired) electrons. The molecule has 2 aromatic carbocycles. The molecule has 1 aliphatic rings. The van der Waals surface area contributed by atoms with Crippen LogP contribution in [0.15, 0.2) is 48.5 Å². The molecule has 4 rings (SSSR count). The number of para-hydroxylation sites is 1. The van der Waals surface area contributed by atoms with Crippen molar-refractivity contribution in [2.45, 2.75) is 45.1 Å². The van der Waals surface area contributed by atoms with Crippen LogP contribution in [0.5, 0.6) is 0 Å². The van der Waals surface area contributed by atoms with Crippen LogP contribution in [-0.4, -0.2) is 26.2 Å². The van der Waals surface area contributed by atoms with Crippen LogP contribution >= 0.6 is 11.6 Å². The zero-order chi connectivity index (χ0) is 21.1. The molecule has 1 heterocycles. The van der Waals surface area contributed by atoms with Crippen molar-refractivity contribution in [3.05, 3.63) is 64.9 Å². The van der Waals surface area contributed by atoms with Crippen molar-refractivity contribution in [2.75, 3.05) is 5.32 Å². The lowest BCUT2D eigenvalue weighted by Crippen LogP contribution is -2.51. The first-order chi connectivity index (χ1) is 14.5. The lowest BCUT2D eigenvalue weighted by atomic mass is 9.76. The van der Waals surface area contributed by atoms with Crippen molar-refractivity contribution < 1.29 is 4.79 Å². The predicted molar refractivity (Wildman–Crippen MR) is 117 cm³/mol. The number of halogens is 1. The molecule has 2 amide bonds. The Labute approximate surface area is 180 Å². The van der Waals surface area contributed by atoms with E-state index in [0.29, 0.717) is 16.8 Å². The lowest BCUT2D eigenvalue weighted by molar-refractivity contribution is 0.182. The molecule has 8 heteroatoms. The Balaban J connectivity index is 1.69. The summed E-state index contributed by atoms with van der Waals surface area (Å²) in [5.74, 6) is 1.22. The van der Waals surface area contributed by atoms with Gasteiger partial charge in [-0.3, -0.25) is 0 Å². The average Bonchev–Trinajstić information content (AvgIpc) is 3.23. The van der Waals surface area contributed by atoms with Gasteiger partial charge in [-0.1, -0.05) is 42.8 Å². The van der Waals surface area contributed by atoms with Crippen LogP contribution in [0.2, 0.25) is 5.02 Å². The van der Waals surface area contributed by atoms with Gasteiger partial charge in [-0.2, -0.15) is 4.68 Å². The van der Waals surface area contributed by atoms with Crippen LogP contribution in [0.25, 0.3) is 5.69 Å². The van der Waals surface area contributed by atoms with Gasteiger partial charge in [-0.05, 0) is 78.8 Å². The predicted octanol–water partition coefficient (Wildman–Crippen LogP) is 4.85. The summed E-state index contributed by atoms with van der Waals surface area (Å²) in [6.45, 7) is 4.17. The second-order valence-electron chi connectivity index (χ2n) is 8.01. The second-order valence-corrected chi connectivity index (χ2v) is 8.42. The number of urea groups is 1. The van der Waals surface area contributed by atoms with Crippen LogP contribution in [0.4, 0.5) is 10.5 Å². The van der Waals surface area contributed by atoms with Crippen LogP contribution in [-0.2, 0) is 5.54 Å². The molecule has 2 N–H and O–H groups in total. The summed E-state index contributed by atoms with van der Waals surface area (Å²) >= 11 is 6.34. The standard InChI is InChI=1S/C22H25ClN6O/c1-15-11-13-22(14-12-15,25-21(30)24-17-7-4-3-5-8-17)20-26-27-28-29(20)19-10-6-9-18(23)16(19)2/h3-10,15H,11-14H2,1-2H3,(H2,24,25,30). The van der Waals surface area contributed by atoms with E-state index >= 15 is 0 Å². The highest BCUT2D eigenvalue weighted by Crippen LogP contribution is 2.39. The van der Waals surface area contributed by atoms with E-state index in [9.17, 15) is 4.79 Å². The Kier molecular flexibility index (Phi) is 5.72. The molecular weight excluding hydrogens is 400 g/mol. The number of anilines is 1. The largest absolute Gasteiger partial charge is 0.325 e. The van der Waals surface area contributed by atoms with Gasteiger partial charge in [0.05, 0.1) is 5.69 Å². The van der Waals surface area contributed by atoms with Gasteiger partial charge in [0.15, 0.2) is 5.82 Å². The molecular formula is C22H25ClN6O. The Morgan fingerprint density at radius 2 is 1.87 bits per heavy atom. The van der Waals surface area contributed by atoms with Crippen molar-refractivity contribution in [1.29, 1.82) is 0 Å². The van der Waals surface area contributed by atoms with Crippen molar-refractivity contribution in [2.24, 2.45) is 5.92 Å². The van der Waals surface area contributed by atoms with Gasteiger partial charge in [0, 0.05) is 10.7 Å². The van der Waals surface area contributed by atoms with E-state index in [1.54, 1.807) is 4.68 Å². The molecule has 0 saturated heterocycles. The van der Waals surface area contributed by atoms with Gasteiger partial charge in [0.2, 0.25) is 0 Å². The fourth-order valence-corrected chi connectivity index (χ4v) is 4.20. The molecule has 1 saturated carbocycles. The average molecular weight is 425 g/mol. The van der Waals surface area contributed by atoms with Gasteiger partial charge >= 0.3 is 6.03 Å². The van der Waals surface area contributed by atoms with Gasteiger partial charge in [0.25, 0.3) is 0 Å². The Morgan fingerprint density at radius 1 is 1.13 bits per heavy atom. The zero-order valence-electron chi connectivity index (χ0n) is 17.1. The lowest BCUT2D eigenvalue weighted by Gasteiger charge is -2.38. The minimum absolute atomic E-state index is 0.270. The summed E-state index contributed by atoms with van der Waals surface area (Å²) in [6.07, 6.45) is 3.48. The first-order valence-corrected chi connectivity index (χ1v) is 10.5. The van der Waals surface area contributed by atoms with Gasteiger partial charge in [0.1, 0.15) is 5.54 Å². The quantitative estimate of drug-likeness (QED) is 0.626. The SMILES string of the molecule is Cc1c(Cl)cccc1-n1nnnc1C1(NC(=O)Nc2ccccc2)CCC(C)CC1. The second kappa shape index (κ2) is 8.44. The Morgan fingerprint density at radius 3 is 2.60 bits per heavy atom. The van der Waals surface area contributed by atoms with E-state index in [4.69, 9.17) is 11.6 Å². The number of hydrogen-bond donors (Lipinski definition) is 2. The van der Waals surface area contributed by atoms with Crippen LogP contribution in [0, 0.1) is 12.8 Å². The Hall–Kier alpha value is -2.93. The van der Waals surface area contributed by atoms with E-state index in [2.05, 4.69) is 33.1 Å². The molecule has 30 heavy (non-hydrogen) atoms. The molecule has 3 aromatic rings. The number of nitrogens with one attached hydrogen (secondary N) is 2. The first-order valence-electron chi connectivity index (χ1n) is 10.2. The minimum atomic E-state index is -0.663. The van der Waals surface area contributed by atoms with E-state index < -0.39 is 5.54 Å². The molecule has 0 spiro atoms. The first kappa shape index (κ1) is 20.3. The normalized spacial score (nSPS) is 21.2. The molecule has 0 unspecified atom stereocenters. The number of carbonyl (C=O) groups is 1. The number of rotatable bonds is 4. The van der Waals surface area contributed by atoms with Gasteiger partial charge in [-0.25, -0.2) is 4.79 Å². The van der Waals surface area contributed by atoms with Crippen LogP contribution in [0.1, 0.15) is 44.0 Å². The summed E-state index contributed by atoms with van der Waals surface area (Å²) in [5.41, 5.74) is 1.77. The van der Waals surface area contributed by atoms with Crippen LogP contribution in [0.3, 0.4) is 0 Å². The highest BCUT2D eigenvalue weighted by molar-refractivity contribution is 6.31. The molecule has 0 atom stereocenters.